The second-order valence-corrected chi connectivity index (χ2v) is 3.74. The minimum atomic E-state index is 0.605. The van der Waals surface area contributed by atoms with Crippen molar-refractivity contribution >= 4 is 0 Å². The quantitative estimate of drug-likeness (QED) is 0.339. The highest BCUT2D eigenvalue weighted by molar-refractivity contribution is 4.65. The fourth-order valence-corrected chi connectivity index (χ4v) is 0.960. The summed E-state index contributed by atoms with van der Waals surface area (Å²) in [5, 5.41) is 0. The Balaban J connectivity index is 2.87. The predicted molar refractivity (Wildman–Crippen MR) is 57.5 cm³/mol. The monoisotopic (exact) mass is 185 g/mol. The van der Waals surface area contributed by atoms with Gasteiger partial charge in [-0.3, -0.25) is 0 Å². The van der Waals surface area contributed by atoms with Gasteiger partial charge in [0.05, 0.1) is 6.61 Å². The molecule has 0 fully saturated rings. The Morgan fingerprint density at radius 3 is 2.69 bits per heavy atom. The Labute approximate surface area is 82.3 Å². The van der Waals surface area contributed by atoms with E-state index in [4.69, 9.17) is 4.84 Å². The van der Waals surface area contributed by atoms with Gasteiger partial charge in [-0.15, -0.1) is 6.58 Å². The maximum Gasteiger partial charge on any atom is 0.0705 e. The van der Waals surface area contributed by atoms with E-state index in [1.807, 2.05) is 6.08 Å². The molecule has 0 heterocycles. The lowest BCUT2D eigenvalue weighted by Crippen LogP contribution is -2.18. The zero-order valence-corrected chi connectivity index (χ0v) is 9.01. The summed E-state index contributed by atoms with van der Waals surface area (Å²) in [5.74, 6) is 0.605. The molecule has 0 atom stereocenters. The smallest absolute Gasteiger partial charge is 0.0705 e. The zero-order chi connectivity index (χ0) is 9.94. The summed E-state index contributed by atoms with van der Waals surface area (Å²) >= 11 is 0. The van der Waals surface area contributed by atoms with Gasteiger partial charge in [0.1, 0.15) is 0 Å². The molecule has 2 nitrogen and oxygen atoms in total. The van der Waals surface area contributed by atoms with Crippen molar-refractivity contribution < 1.29 is 4.84 Å². The third-order valence-corrected chi connectivity index (χ3v) is 1.71. The van der Waals surface area contributed by atoms with E-state index in [1.165, 1.54) is 19.3 Å². The number of unbranched alkanes of at least 4 members (excludes halogenated alkanes) is 3. The van der Waals surface area contributed by atoms with Gasteiger partial charge in [0, 0.05) is 6.54 Å². The SMILES string of the molecule is C=CCCCCCNOCC(C)C. The van der Waals surface area contributed by atoms with Crippen molar-refractivity contribution in [2.75, 3.05) is 13.2 Å². The molecule has 0 aliphatic carbocycles. The second kappa shape index (κ2) is 9.75. The first kappa shape index (κ1) is 12.7. The molecule has 1 N–H and O–H groups in total. The number of hydroxylamine groups is 1. The lowest BCUT2D eigenvalue weighted by Gasteiger charge is -2.07. The average Bonchev–Trinajstić information content (AvgIpc) is 2.09. The molecule has 0 bridgehead atoms. The van der Waals surface area contributed by atoms with Gasteiger partial charge in [-0.25, -0.2) is 5.48 Å². The minimum absolute atomic E-state index is 0.605. The molecule has 0 aliphatic rings. The van der Waals surface area contributed by atoms with Gasteiger partial charge in [-0.2, -0.15) is 0 Å². The van der Waals surface area contributed by atoms with Crippen molar-refractivity contribution in [3.05, 3.63) is 12.7 Å². The van der Waals surface area contributed by atoms with Gasteiger partial charge >= 0.3 is 0 Å². The van der Waals surface area contributed by atoms with Crippen molar-refractivity contribution in [3.63, 3.8) is 0 Å². The van der Waals surface area contributed by atoms with Crippen molar-refractivity contribution in [2.45, 2.75) is 39.5 Å². The highest BCUT2D eigenvalue weighted by Gasteiger charge is 1.92. The Kier molecular flexibility index (Phi) is 9.49. The number of nitrogens with one attached hydrogen (secondary N) is 1. The van der Waals surface area contributed by atoms with Gasteiger partial charge in [0.2, 0.25) is 0 Å². The Hall–Kier alpha value is -0.340. The maximum atomic E-state index is 5.23. The van der Waals surface area contributed by atoms with Crippen LogP contribution in [-0.4, -0.2) is 13.2 Å². The molecule has 13 heavy (non-hydrogen) atoms. The first-order valence-electron chi connectivity index (χ1n) is 5.23. The highest BCUT2D eigenvalue weighted by Crippen LogP contribution is 1.98. The molecular formula is C11H23NO. The van der Waals surface area contributed by atoms with E-state index < -0.39 is 0 Å². The molecule has 0 spiro atoms. The molecule has 0 saturated heterocycles. The van der Waals surface area contributed by atoms with Crippen LogP contribution in [0.5, 0.6) is 0 Å². The van der Waals surface area contributed by atoms with Crippen LogP contribution in [0, 0.1) is 5.92 Å². The van der Waals surface area contributed by atoms with Crippen molar-refractivity contribution in [1.29, 1.82) is 0 Å². The van der Waals surface area contributed by atoms with Crippen LogP contribution in [0.25, 0.3) is 0 Å². The molecule has 0 amide bonds. The van der Waals surface area contributed by atoms with Crippen molar-refractivity contribution in [3.8, 4) is 0 Å². The summed E-state index contributed by atoms with van der Waals surface area (Å²) in [7, 11) is 0. The zero-order valence-electron chi connectivity index (χ0n) is 9.01. The fraction of sp³-hybridized carbons (Fsp3) is 0.818. The Morgan fingerprint density at radius 1 is 1.31 bits per heavy atom. The third kappa shape index (κ3) is 11.7. The van der Waals surface area contributed by atoms with Gasteiger partial charge in [0.15, 0.2) is 0 Å². The van der Waals surface area contributed by atoms with Gasteiger partial charge < -0.3 is 4.84 Å². The summed E-state index contributed by atoms with van der Waals surface area (Å²) in [5.41, 5.74) is 2.97. The van der Waals surface area contributed by atoms with Gasteiger partial charge in [-0.05, 0) is 25.2 Å². The van der Waals surface area contributed by atoms with Crippen LogP contribution in [0.15, 0.2) is 12.7 Å². The van der Waals surface area contributed by atoms with E-state index in [-0.39, 0.29) is 0 Å². The third-order valence-electron chi connectivity index (χ3n) is 1.71. The van der Waals surface area contributed by atoms with Crippen molar-refractivity contribution in [1.82, 2.24) is 5.48 Å². The van der Waals surface area contributed by atoms with E-state index in [0.717, 1.165) is 19.6 Å². The standard InChI is InChI=1S/C11H23NO/c1-4-5-6-7-8-9-12-13-10-11(2)3/h4,11-12H,1,5-10H2,2-3H3. The van der Waals surface area contributed by atoms with Crippen LogP contribution in [0.4, 0.5) is 0 Å². The molecule has 0 aromatic heterocycles. The molecule has 78 valence electrons. The molecule has 0 aromatic rings. The summed E-state index contributed by atoms with van der Waals surface area (Å²) in [6.45, 7) is 9.74. The van der Waals surface area contributed by atoms with E-state index in [2.05, 4.69) is 25.9 Å². The molecule has 0 radical (unpaired) electrons. The molecule has 0 rings (SSSR count). The topological polar surface area (TPSA) is 21.3 Å². The fourth-order valence-electron chi connectivity index (χ4n) is 0.960. The maximum absolute atomic E-state index is 5.23. The minimum Gasteiger partial charge on any atom is -0.302 e. The molecule has 0 aliphatic heterocycles. The summed E-state index contributed by atoms with van der Waals surface area (Å²) in [6, 6.07) is 0. The molecular weight excluding hydrogens is 162 g/mol. The molecule has 0 unspecified atom stereocenters. The largest absolute Gasteiger partial charge is 0.302 e. The summed E-state index contributed by atoms with van der Waals surface area (Å²) in [6.07, 6.45) is 6.79. The van der Waals surface area contributed by atoms with Crippen molar-refractivity contribution in [2.24, 2.45) is 5.92 Å². The number of hydrogen-bond acceptors (Lipinski definition) is 2. The lowest BCUT2D eigenvalue weighted by atomic mass is 10.2. The van der Waals surface area contributed by atoms with Gasteiger partial charge in [-0.1, -0.05) is 26.3 Å². The predicted octanol–water partition coefficient (Wildman–Crippen LogP) is 2.91. The second-order valence-electron chi connectivity index (χ2n) is 3.74. The molecule has 0 aromatic carbocycles. The van der Waals surface area contributed by atoms with E-state index in [9.17, 15) is 0 Å². The van der Waals surface area contributed by atoms with E-state index in [1.54, 1.807) is 0 Å². The van der Waals surface area contributed by atoms with Crippen LogP contribution in [0.2, 0.25) is 0 Å². The normalized spacial score (nSPS) is 10.7. The Morgan fingerprint density at radius 2 is 2.08 bits per heavy atom. The van der Waals surface area contributed by atoms with Crippen LogP contribution in [0.1, 0.15) is 39.5 Å². The van der Waals surface area contributed by atoms with E-state index in [0.29, 0.717) is 5.92 Å². The Bertz CT molecular complexity index is 113. The van der Waals surface area contributed by atoms with Gasteiger partial charge in [0.25, 0.3) is 0 Å². The summed E-state index contributed by atoms with van der Waals surface area (Å²) < 4.78 is 0. The number of hydrogen-bond donors (Lipinski definition) is 1. The first-order valence-corrected chi connectivity index (χ1v) is 5.23. The molecule has 2 heteroatoms. The number of allylic oxidation sites excluding steroid dienone is 1. The van der Waals surface area contributed by atoms with Crippen LogP contribution < -0.4 is 5.48 Å². The summed E-state index contributed by atoms with van der Waals surface area (Å²) in [4.78, 5) is 5.23. The lowest BCUT2D eigenvalue weighted by molar-refractivity contribution is 0.0232. The van der Waals surface area contributed by atoms with Crippen LogP contribution in [-0.2, 0) is 4.84 Å². The van der Waals surface area contributed by atoms with Crippen LogP contribution in [0.3, 0.4) is 0 Å². The van der Waals surface area contributed by atoms with Crippen LogP contribution >= 0.6 is 0 Å². The molecule has 0 saturated carbocycles. The number of rotatable bonds is 9. The first-order chi connectivity index (χ1) is 6.27. The highest BCUT2D eigenvalue weighted by atomic mass is 16.6. The average molecular weight is 185 g/mol. The van der Waals surface area contributed by atoms with E-state index >= 15 is 0 Å².